The minimum absolute atomic E-state index is 0. The fourth-order valence-corrected chi connectivity index (χ4v) is 1.38. The molecule has 1 unspecified atom stereocenters. The van der Waals surface area contributed by atoms with E-state index in [1.165, 1.54) is 7.11 Å². The lowest BCUT2D eigenvalue weighted by molar-refractivity contribution is 0.0600. The quantitative estimate of drug-likeness (QED) is 0.792. The van der Waals surface area contributed by atoms with Crippen molar-refractivity contribution in [2.24, 2.45) is 5.73 Å². The number of esters is 1. The van der Waals surface area contributed by atoms with Crippen LogP contribution in [0.2, 0.25) is 0 Å². The van der Waals surface area contributed by atoms with Gasteiger partial charge in [0.05, 0.1) is 12.7 Å². The van der Waals surface area contributed by atoms with Gasteiger partial charge in [0, 0.05) is 6.04 Å². The Labute approximate surface area is 96.0 Å². The zero-order chi connectivity index (χ0) is 10.7. The van der Waals surface area contributed by atoms with Crippen LogP contribution in [0.3, 0.4) is 0 Å². The van der Waals surface area contributed by atoms with E-state index in [2.05, 4.69) is 4.74 Å². The number of ether oxygens (including phenoxy) is 1. The van der Waals surface area contributed by atoms with E-state index >= 15 is 0 Å². The summed E-state index contributed by atoms with van der Waals surface area (Å²) >= 11 is 0. The molecular weight excluding hydrogens is 214 g/mol. The molecule has 15 heavy (non-hydrogen) atoms. The van der Waals surface area contributed by atoms with Gasteiger partial charge < -0.3 is 10.5 Å². The van der Waals surface area contributed by atoms with Crippen molar-refractivity contribution in [2.45, 2.75) is 19.9 Å². The first-order valence-electron chi connectivity index (χ1n) is 4.50. The van der Waals surface area contributed by atoms with Crippen LogP contribution in [0.5, 0.6) is 0 Å². The predicted octanol–water partition coefficient (Wildman–Crippen LogP) is 2.22. The van der Waals surface area contributed by atoms with Crippen LogP contribution in [-0.4, -0.2) is 13.1 Å². The second-order valence-electron chi connectivity index (χ2n) is 3.35. The number of halogens is 1. The van der Waals surface area contributed by atoms with Crippen LogP contribution < -0.4 is 5.73 Å². The van der Waals surface area contributed by atoms with Gasteiger partial charge in [-0.15, -0.1) is 12.4 Å². The number of hydrogen-bond donors (Lipinski definition) is 1. The highest BCUT2D eigenvalue weighted by Gasteiger charge is 2.09. The third kappa shape index (κ3) is 3.22. The summed E-state index contributed by atoms with van der Waals surface area (Å²) in [7, 11) is 1.37. The molecular formula is C11H16ClNO2. The summed E-state index contributed by atoms with van der Waals surface area (Å²) < 4.78 is 4.63. The summed E-state index contributed by atoms with van der Waals surface area (Å²) in [6.45, 7) is 3.86. The molecule has 3 nitrogen and oxygen atoms in total. The molecule has 0 bridgehead atoms. The molecule has 1 aromatic rings. The number of hydrogen-bond acceptors (Lipinski definition) is 3. The molecule has 0 aliphatic rings. The third-order valence-corrected chi connectivity index (χ3v) is 2.19. The third-order valence-electron chi connectivity index (χ3n) is 2.19. The predicted molar refractivity (Wildman–Crippen MR) is 62.4 cm³/mol. The Hall–Kier alpha value is -1.06. The van der Waals surface area contributed by atoms with Gasteiger partial charge in [-0.25, -0.2) is 4.79 Å². The van der Waals surface area contributed by atoms with Gasteiger partial charge in [0.1, 0.15) is 0 Å². The highest BCUT2D eigenvalue weighted by Crippen LogP contribution is 2.17. The Morgan fingerprint density at radius 3 is 2.53 bits per heavy atom. The highest BCUT2D eigenvalue weighted by atomic mass is 35.5. The van der Waals surface area contributed by atoms with Gasteiger partial charge in [-0.2, -0.15) is 0 Å². The number of methoxy groups -OCH3 is 1. The standard InChI is InChI=1S/C11H15NO2.ClH/c1-7-4-5-9(11(13)14-3)6-10(7)8(2)12;/h4-6,8H,12H2,1-3H3;1H. The van der Waals surface area contributed by atoms with E-state index in [1.54, 1.807) is 12.1 Å². The fourth-order valence-electron chi connectivity index (χ4n) is 1.38. The first kappa shape index (κ1) is 13.9. The molecule has 0 spiro atoms. The summed E-state index contributed by atoms with van der Waals surface area (Å²) in [5, 5.41) is 0. The van der Waals surface area contributed by atoms with Crippen LogP contribution in [0.15, 0.2) is 18.2 Å². The average Bonchev–Trinajstić information content (AvgIpc) is 2.17. The van der Waals surface area contributed by atoms with E-state index in [0.29, 0.717) is 5.56 Å². The largest absolute Gasteiger partial charge is 0.465 e. The first-order valence-corrected chi connectivity index (χ1v) is 4.50. The Morgan fingerprint density at radius 1 is 1.47 bits per heavy atom. The zero-order valence-electron chi connectivity index (χ0n) is 9.11. The summed E-state index contributed by atoms with van der Waals surface area (Å²) in [4.78, 5) is 11.2. The van der Waals surface area contributed by atoms with E-state index in [-0.39, 0.29) is 24.4 Å². The van der Waals surface area contributed by atoms with Crippen molar-refractivity contribution in [3.8, 4) is 0 Å². The lowest BCUT2D eigenvalue weighted by Gasteiger charge is -2.10. The Balaban J connectivity index is 0.00000196. The van der Waals surface area contributed by atoms with Crippen LogP contribution in [0.4, 0.5) is 0 Å². The first-order chi connectivity index (χ1) is 6.56. The smallest absolute Gasteiger partial charge is 0.337 e. The lowest BCUT2D eigenvalue weighted by atomic mass is 10.0. The van der Waals surface area contributed by atoms with Crippen molar-refractivity contribution in [3.63, 3.8) is 0 Å². The summed E-state index contributed by atoms with van der Waals surface area (Å²) in [5.74, 6) is -0.327. The second kappa shape index (κ2) is 5.73. The maximum Gasteiger partial charge on any atom is 0.337 e. The van der Waals surface area contributed by atoms with Crippen molar-refractivity contribution in [1.82, 2.24) is 0 Å². The van der Waals surface area contributed by atoms with Crippen LogP contribution in [0.1, 0.15) is 34.5 Å². The average molecular weight is 230 g/mol. The number of nitrogens with two attached hydrogens (primary N) is 1. The van der Waals surface area contributed by atoms with Crippen LogP contribution in [0, 0.1) is 6.92 Å². The molecule has 84 valence electrons. The van der Waals surface area contributed by atoms with E-state index < -0.39 is 0 Å². The van der Waals surface area contributed by atoms with Crippen LogP contribution in [-0.2, 0) is 4.74 Å². The normalized spacial score (nSPS) is 11.5. The van der Waals surface area contributed by atoms with Crippen molar-refractivity contribution in [3.05, 3.63) is 34.9 Å². The summed E-state index contributed by atoms with van der Waals surface area (Å²) in [6, 6.07) is 5.34. The van der Waals surface area contributed by atoms with Crippen molar-refractivity contribution < 1.29 is 9.53 Å². The summed E-state index contributed by atoms with van der Waals surface area (Å²) in [5.41, 5.74) is 8.39. The second-order valence-corrected chi connectivity index (χ2v) is 3.35. The molecule has 0 aliphatic heterocycles. The Bertz CT molecular complexity index is 350. The van der Waals surface area contributed by atoms with Gasteiger partial charge in [0.15, 0.2) is 0 Å². The van der Waals surface area contributed by atoms with Crippen molar-refractivity contribution >= 4 is 18.4 Å². The van der Waals surface area contributed by atoms with E-state index in [0.717, 1.165) is 11.1 Å². The maximum absolute atomic E-state index is 11.2. The molecule has 1 aromatic carbocycles. The summed E-state index contributed by atoms with van der Waals surface area (Å²) in [6.07, 6.45) is 0. The van der Waals surface area contributed by atoms with E-state index in [9.17, 15) is 4.79 Å². The van der Waals surface area contributed by atoms with Crippen molar-refractivity contribution in [2.75, 3.05) is 7.11 Å². The number of rotatable bonds is 2. The van der Waals surface area contributed by atoms with Gasteiger partial charge >= 0.3 is 5.97 Å². The molecule has 0 saturated heterocycles. The minimum Gasteiger partial charge on any atom is -0.465 e. The number of carbonyl (C=O) groups is 1. The number of aryl methyl sites for hydroxylation is 1. The fraction of sp³-hybridized carbons (Fsp3) is 0.364. The molecule has 1 rings (SSSR count). The molecule has 0 aliphatic carbocycles. The molecule has 1 atom stereocenters. The van der Waals surface area contributed by atoms with Crippen molar-refractivity contribution in [1.29, 1.82) is 0 Å². The van der Waals surface area contributed by atoms with E-state index in [1.807, 2.05) is 19.9 Å². The molecule has 0 heterocycles. The monoisotopic (exact) mass is 229 g/mol. The van der Waals surface area contributed by atoms with Gasteiger partial charge in [0.2, 0.25) is 0 Å². The van der Waals surface area contributed by atoms with Crippen LogP contribution in [0.25, 0.3) is 0 Å². The van der Waals surface area contributed by atoms with Gasteiger partial charge in [-0.3, -0.25) is 0 Å². The van der Waals surface area contributed by atoms with E-state index in [4.69, 9.17) is 5.73 Å². The number of carbonyl (C=O) groups excluding carboxylic acids is 1. The minimum atomic E-state index is -0.327. The SMILES string of the molecule is COC(=O)c1ccc(C)c(C(C)N)c1.Cl. The molecule has 0 radical (unpaired) electrons. The highest BCUT2D eigenvalue weighted by molar-refractivity contribution is 5.89. The zero-order valence-corrected chi connectivity index (χ0v) is 9.93. The number of benzene rings is 1. The molecule has 0 fully saturated rings. The molecule has 0 aromatic heterocycles. The molecule has 0 saturated carbocycles. The molecule has 0 amide bonds. The van der Waals surface area contributed by atoms with Gasteiger partial charge in [0.25, 0.3) is 0 Å². The topological polar surface area (TPSA) is 52.3 Å². The van der Waals surface area contributed by atoms with Crippen LogP contribution >= 0.6 is 12.4 Å². The maximum atomic E-state index is 11.2. The lowest BCUT2D eigenvalue weighted by Crippen LogP contribution is -2.09. The molecule has 4 heteroatoms. The van der Waals surface area contributed by atoms with Gasteiger partial charge in [-0.1, -0.05) is 6.07 Å². The Morgan fingerprint density at radius 2 is 2.07 bits per heavy atom. The molecule has 2 N–H and O–H groups in total. The van der Waals surface area contributed by atoms with Gasteiger partial charge in [-0.05, 0) is 37.1 Å². The Kier molecular flexibility index (Phi) is 5.33.